The van der Waals surface area contributed by atoms with Crippen molar-refractivity contribution in [3.63, 3.8) is 0 Å². The second-order valence-corrected chi connectivity index (χ2v) is 5.55. The van der Waals surface area contributed by atoms with Gasteiger partial charge in [0.05, 0.1) is 0 Å². The van der Waals surface area contributed by atoms with Crippen molar-refractivity contribution in [3.8, 4) is 0 Å². The molecule has 4 heteroatoms. The van der Waals surface area contributed by atoms with Crippen molar-refractivity contribution in [1.82, 2.24) is 14.8 Å². The van der Waals surface area contributed by atoms with Gasteiger partial charge in [0.15, 0.2) is 0 Å². The number of benzene rings is 1. The van der Waals surface area contributed by atoms with Gasteiger partial charge in [-0.15, -0.1) is 0 Å². The predicted octanol–water partition coefficient (Wildman–Crippen LogP) is 1.92. The summed E-state index contributed by atoms with van der Waals surface area (Å²) in [6.07, 6.45) is 1.02. The molecule has 1 N–H and O–H groups in total. The summed E-state index contributed by atoms with van der Waals surface area (Å²) in [6.45, 7) is 5.59. The van der Waals surface area contributed by atoms with E-state index in [-0.39, 0.29) is 5.91 Å². The Morgan fingerprint density at radius 3 is 2.90 bits per heavy atom. The molecule has 20 heavy (non-hydrogen) atoms. The monoisotopic (exact) mass is 271 g/mol. The van der Waals surface area contributed by atoms with E-state index in [4.69, 9.17) is 0 Å². The third-order valence-electron chi connectivity index (χ3n) is 4.04. The number of carbonyl (C=O) groups is 1. The standard InChI is InChI=1S/C16H21N3O/c1-12-4-5-14-13(10-12)11-15(18(14)2)16(20)19-8-3-6-17-7-9-19/h4-5,10-11,17H,3,6-9H2,1-2H3. The molecule has 1 aliphatic heterocycles. The number of aromatic nitrogens is 1. The van der Waals surface area contributed by atoms with Crippen LogP contribution < -0.4 is 5.32 Å². The minimum atomic E-state index is 0.144. The minimum Gasteiger partial charge on any atom is -0.340 e. The maximum Gasteiger partial charge on any atom is 0.270 e. The number of fused-ring (bicyclic) bond motifs is 1. The highest BCUT2D eigenvalue weighted by Gasteiger charge is 2.20. The predicted molar refractivity (Wildman–Crippen MR) is 81.0 cm³/mol. The van der Waals surface area contributed by atoms with E-state index in [2.05, 4.69) is 30.4 Å². The summed E-state index contributed by atoms with van der Waals surface area (Å²) in [6, 6.07) is 8.33. The zero-order valence-corrected chi connectivity index (χ0v) is 12.1. The van der Waals surface area contributed by atoms with Gasteiger partial charge in [-0.25, -0.2) is 0 Å². The largest absolute Gasteiger partial charge is 0.340 e. The van der Waals surface area contributed by atoms with Crippen molar-refractivity contribution in [1.29, 1.82) is 0 Å². The van der Waals surface area contributed by atoms with Crippen molar-refractivity contribution >= 4 is 16.8 Å². The van der Waals surface area contributed by atoms with Crippen LogP contribution in [0.2, 0.25) is 0 Å². The van der Waals surface area contributed by atoms with Crippen LogP contribution >= 0.6 is 0 Å². The van der Waals surface area contributed by atoms with Crippen LogP contribution in [0.5, 0.6) is 0 Å². The Labute approximate surface area is 119 Å². The van der Waals surface area contributed by atoms with Crippen LogP contribution in [0.4, 0.5) is 0 Å². The summed E-state index contributed by atoms with van der Waals surface area (Å²) in [4.78, 5) is 14.7. The van der Waals surface area contributed by atoms with Gasteiger partial charge < -0.3 is 14.8 Å². The fourth-order valence-electron chi connectivity index (χ4n) is 2.88. The van der Waals surface area contributed by atoms with Gasteiger partial charge in [0.2, 0.25) is 0 Å². The maximum absolute atomic E-state index is 12.7. The van der Waals surface area contributed by atoms with Crippen molar-refractivity contribution in [2.45, 2.75) is 13.3 Å². The minimum absolute atomic E-state index is 0.144. The number of hydrogen-bond donors (Lipinski definition) is 1. The van der Waals surface area contributed by atoms with Crippen molar-refractivity contribution < 1.29 is 4.79 Å². The molecule has 0 atom stereocenters. The molecular weight excluding hydrogens is 250 g/mol. The fraction of sp³-hybridized carbons (Fsp3) is 0.438. The summed E-state index contributed by atoms with van der Waals surface area (Å²) >= 11 is 0. The zero-order valence-electron chi connectivity index (χ0n) is 12.1. The Kier molecular flexibility index (Phi) is 3.49. The molecule has 2 aromatic rings. The molecule has 0 spiro atoms. The van der Waals surface area contributed by atoms with Crippen molar-refractivity contribution in [2.75, 3.05) is 26.2 Å². The first-order valence-corrected chi connectivity index (χ1v) is 7.23. The molecule has 0 saturated carbocycles. The first kappa shape index (κ1) is 13.2. The van der Waals surface area contributed by atoms with Crippen molar-refractivity contribution in [2.24, 2.45) is 7.05 Å². The lowest BCUT2D eigenvalue weighted by Gasteiger charge is -2.20. The highest BCUT2D eigenvalue weighted by molar-refractivity contribution is 5.98. The van der Waals surface area contributed by atoms with Gasteiger partial charge in [0.25, 0.3) is 5.91 Å². The lowest BCUT2D eigenvalue weighted by atomic mass is 10.2. The normalized spacial score (nSPS) is 16.4. The zero-order chi connectivity index (χ0) is 14.1. The maximum atomic E-state index is 12.7. The van der Waals surface area contributed by atoms with E-state index in [1.807, 2.05) is 22.6 Å². The highest BCUT2D eigenvalue weighted by atomic mass is 16.2. The van der Waals surface area contributed by atoms with E-state index in [1.165, 1.54) is 5.56 Å². The number of aryl methyl sites for hydroxylation is 2. The van der Waals surface area contributed by atoms with E-state index >= 15 is 0 Å². The van der Waals surface area contributed by atoms with Crippen LogP contribution in [0.25, 0.3) is 10.9 Å². The Hall–Kier alpha value is -1.81. The van der Waals surface area contributed by atoms with E-state index in [9.17, 15) is 4.79 Å². The van der Waals surface area contributed by atoms with Crippen LogP contribution in [0.3, 0.4) is 0 Å². The molecule has 2 heterocycles. The molecule has 0 radical (unpaired) electrons. The Bertz CT molecular complexity index is 636. The fourth-order valence-corrected chi connectivity index (χ4v) is 2.88. The summed E-state index contributed by atoms with van der Waals surface area (Å²) in [5, 5.41) is 4.47. The first-order chi connectivity index (χ1) is 9.66. The molecule has 1 aromatic carbocycles. The van der Waals surface area contributed by atoms with Gasteiger partial charge in [-0.05, 0) is 38.1 Å². The molecule has 1 fully saturated rings. The SMILES string of the molecule is Cc1ccc2c(c1)cc(C(=O)N1CCCNCC1)n2C. The molecular formula is C16H21N3O. The topological polar surface area (TPSA) is 37.3 Å². The van der Waals surface area contributed by atoms with E-state index in [1.54, 1.807) is 0 Å². The molecule has 0 aliphatic carbocycles. The lowest BCUT2D eigenvalue weighted by Crippen LogP contribution is -2.35. The Balaban J connectivity index is 1.96. The summed E-state index contributed by atoms with van der Waals surface area (Å²) < 4.78 is 2.01. The second kappa shape index (κ2) is 5.29. The molecule has 1 aromatic heterocycles. The van der Waals surface area contributed by atoms with Gasteiger partial charge in [-0.3, -0.25) is 4.79 Å². The van der Waals surface area contributed by atoms with Gasteiger partial charge in [0.1, 0.15) is 5.69 Å². The van der Waals surface area contributed by atoms with E-state index < -0.39 is 0 Å². The molecule has 106 valence electrons. The average Bonchev–Trinajstić information content (AvgIpc) is 2.65. The number of amides is 1. The second-order valence-electron chi connectivity index (χ2n) is 5.55. The van der Waals surface area contributed by atoms with Crippen LogP contribution in [0.15, 0.2) is 24.3 Å². The molecule has 1 amide bonds. The van der Waals surface area contributed by atoms with Crippen LogP contribution in [-0.2, 0) is 7.05 Å². The highest BCUT2D eigenvalue weighted by Crippen LogP contribution is 2.21. The van der Waals surface area contributed by atoms with Gasteiger partial charge in [0, 0.05) is 37.6 Å². The molecule has 4 nitrogen and oxygen atoms in total. The Morgan fingerprint density at radius 1 is 1.20 bits per heavy atom. The molecule has 0 bridgehead atoms. The Morgan fingerprint density at radius 2 is 2.05 bits per heavy atom. The van der Waals surface area contributed by atoms with Gasteiger partial charge in [-0.2, -0.15) is 0 Å². The first-order valence-electron chi connectivity index (χ1n) is 7.23. The third-order valence-corrected chi connectivity index (χ3v) is 4.04. The number of hydrogen-bond acceptors (Lipinski definition) is 2. The van der Waals surface area contributed by atoms with E-state index in [0.29, 0.717) is 0 Å². The molecule has 3 rings (SSSR count). The summed E-state index contributed by atoms with van der Waals surface area (Å²) in [5.41, 5.74) is 3.13. The molecule has 1 aliphatic rings. The number of nitrogens with zero attached hydrogens (tertiary/aromatic N) is 2. The molecule has 0 unspecified atom stereocenters. The quantitative estimate of drug-likeness (QED) is 0.860. The van der Waals surface area contributed by atoms with Gasteiger partial charge >= 0.3 is 0 Å². The smallest absolute Gasteiger partial charge is 0.270 e. The van der Waals surface area contributed by atoms with Crippen LogP contribution in [-0.4, -0.2) is 41.6 Å². The summed E-state index contributed by atoms with van der Waals surface area (Å²) in [5.74, 6) is 0.144. The lowest BCUT2D eigenvalue weighted by molar-refractivity contribution is 0.0757. The van der Waals surface area contributed by atoms with Crippen molar-refractivity contribution in [3.05, 3.63) is 35.5 Å². The van der Waals surface area contributed by atoms with E-state index in [0.717, 1.165) is 49.2 Å². The van der Waals surface area contributed by atoms with Gasteiger partial charge in [-0.1, -0.05) is 11.6 Å². The average molecular weight is 271 g/mol. The van der Waals surface area contributed by atoms with Crippen LogP contribution in [0, 0.1) is 6.92 Å². The number of carbonyl (C=O) groups excluding carboxylic acids is 1. The summed E-state index contributed by atoms with van der Waals surface area (Å²) in [7, 11) is 1.97. The molecule has 1 saturated heterocycles. The third kappa shape index (κ3) is 2.31. The number of nitrogens with one attached hydrogen (secondary N) is 1. The van der Waals surface area contributed by atoms with Crippen LogP contribution in [0.1, 0.15) is 22.5 Å². The number of rotatable bonds is 1.